The number of thiocarbonyl (C=S) groups is 1. The van der Waals surface area contributed by atoms with Crippen molar-refractivity contribution in [2.45, 2.75) is 12.8 Å². The number of carbonyl (C=O) groups excluding carboxylic acids is 2. The zero-order valence-corrected chi connectivity index (χ0v) is 15.3. The zero-order chi connectivity index (χ0) is 17.5. The van der Waals surface area contributed by atoms with Crippen LogP contribution in [0.15, 0.2) is 27.7 Å². The molecule has 130 valence electrons. The summed E-state index contributed by atoms with van der Waals surface area (Å²) in [7, 11) is 3.83. The maximum atomic E-state index is 12.4. The monoisotopic (exact) mass is 368 g/mol. The van der Waals surface area contributed by atoms with Crippen LogP contribution in [0.5, 0.6) is 0 Å². The second-order valence-corrected chi connectivity index (χ2v) is 7.15. The Morgan fingerprint density at radius 3 is 2.96 bits per heavy atom. The molecule has 0 spiro atoms. The molecule has 1 amide bonds. The van der Waals surface area contributed by atoms with Gasteiger partial charge in [-0.25, -0.2) is 0 Å². The van der Waals surface area contributed by atoms with Gasteiger partial charge in [-0.05, 0) is 32.6 Å². The fourth-order valence-electron chi connectivity index (χ4n) is 1.99. The molecule has 0 radical (unpaired) electrons. The third kappa shape index (κ3) is 5.47. The molecular formula is C16H20N2O4S2. The Bertz CT molecular complexity index is 626. The van der Waals surface area contributed by atoms with E-state index in [9.17, 15) is 9.59 Å². The Balaban J connectivity index is 1.78. The Labute approximate surface area is 150 Å². The molecule has 2 rings (SSSR count). The summed E-state index contributed by atoms with van der Waals surface area (Å²) in [6.45, 7) is 1.47. The molecule has 1 aromatic heterocycles. The normalized spacial score (nSPS) is 16.5. The minimum Gasteiger partial charge on any atom is -0.465 e. The highest BCUT2D eigenvalue weighted by atomic mass is 32.2. The van der Waals surface area contributed by atoms with Gasteiger partial charge in [-0.3, -0.25) is 14.5 Å². The molecule has 1 aliphatic rings. The number of esters is 1. The summed E-state index contributed by atoms with van der Waals surface area (Å²) in [5, 5.41) is 0. The smallest absolute Gasteiger partial charge is 0.305 e. The van der Waals surface area contributed by atoms with Crippen LogP contribution >= 0.6 is 24.0 Å². The summed E-state index contributed by atoms with van der Waals surface area (Å²) >= 11 is 6.49. The van der Waals surface area contributed by atoms with Crippen molar-refractivity contribution in [3.8, 4) is 0 Å². The number of rotatable bonds is 8. The van der Waals surface area contributed by atoms with Crippen LogP contribution in [0, 0.1) is 0 Å². The SMILES string of the molecule is CN(C)CCOC(=O)CCCN1C(=O)/C(=C\c2ccco2)SC1=S. The molecule has 0 unspecified atom stereocenters. The average Bonchev–Trinajstić information content (AvgIpc) is 3.11. The second-order valence-electron chi connectivity index (χ2n) is 5.48. The first kappa shape index (κ1) is 18.7. The maximum absolute atomic E-state index is 12.4. The highest BCUT2D eigenvalue weighted by molar-refractivity contribution is 8.26. The van der Waals surface area contributed by atoms with E-state index in [1.165, 1.54) is 16.7 Å². The molecule has 24 heavy (non-hydrogen) atoms. The van der Waals surface area contributed by atoms with Gasteiger partial charge >= 0.3 is 5.97 Å². The van der Waals surface area contributed by atoms with Crippen LogP contribution in [0.4, 0.5) is 0 Å². The van der Waals surface area contributed by atoms with Crippen molar-refractivity contribution < 1.29 is 18.7 Å². The lowest BCUT2D eigenvalue weighted by Crippen LogP contribution is -2.29. The van der Waals surface area contributed by atoms with E-state index in [1.807, 2.05) is 19.0 Å². The van der Waals surface area contributed by atoms with Gasteiger partial charge in [-0.15, -0.1) is 0 Å². The molecule has 1 saturated heterocycles. The van der Waals surface area contributed by atoms with Crippen molar-refractivity contribution in [3.05, 3.63) is 29.1 Å². The fourth-order valence-corrected chi connectivity index (χ4v) is 3.28. The van der Waals surface area contributed by atoms with Gasteiger partial charge in [0.1, 0.15) is 16.7 Å². The summed E-state index contributed by atoms with van der Waals surface area (Å²) in [6.07, 6.45) is 4.01. The van der Waals surface area contributed by atoms with E-state index in [-0.39, 0.29) is 18.3 Å². The van der Waals surface area contributed by atoms with E-state index in [1.54, 1.807) is 24.5 Å². The molecule has 0 aromatic carbocycles. The van der Waals surface area contributed by atoms with E-state index in [2.05, 4.69) is 0 Å². The largest absolute Gasteiger partial charge is 0.465 e. The summed E-state index contributed by atoms with van der Waals surface area (Å²) in [5.41, 5.74) is 0. The average molecular weight is 368 g/mol. The van der Waals surface area contributed by atoms with Crippen molar-refractivity contribution in [1.29, 1.82) is 0 Å². The third-order valence-corrected chi connectivity index (χ3v) is 4.63. The second kappa shape index (κ2) is 9.00. The van der Waals surface area contributed by atoms with E-state index >= 15 is 0 Å². The Kier molecular flexibility index (Phi) is 7.01. The number of amides is 1. The van der Waals surface area contributed by atoms with Crippen LogP contribution in [0.25, 0.3) is 6.08 Å². The maximum Gasteiger partial charge on any atom is 0.305 e. The Morgan fingerprint density at radius 2 is 2.29 bits per heavy atom. The van der Waals surface area contributed by atoms with Gasteiger partial charge in [0.15, 0.2) is 0 Å². The number of carbonyl (C=O) groups is 2. The Morgan fingerprint density at radius 1 is 1.50 bits per heavy atom. The van der Waals surface area contributed by atoms with Crippen molar-refractivity contribution in [2.75, 3.05) is 33.8 Å². The zero-order valence-electron chi connectivity index (χ0n) is 13.7. The molecule has 1 fully saturated rings. The van der Waals surface area contributed by atoms with Crippen LogP contribution in [0.3, 0.4) is 0 Å². The number of nitrogens with zero attached hydrogens (tertiary/aromatic N) is 2. The molecular weight excluding hydrogens is 348 g/mol. The molecule has 0 N–H and O–H groups in total. The van der Waals surface area contributed by atoms with Gasteiger partial charge in [0.25, 0.3) is 5.91 Å². The summed E-state index contributed by atoms with van der Waals surface area (Å²) in [5.74, 6) is 0.204. The number of hydrogen-bond acceptors (Lipinski definition) is 7. The Hall–Kier alpha value is -1.64. The van der Waals surface area contributed by atoms with E-state index in [0.29, 0.717) is 41.1 Å². The lowest BCUT2D eigenvalue weighted by Gasteiger charge is -2.14. The quantitative estimate of drug-likeness (QED) is 0.396. The molecule has 0 bridgehead atoms. The highest BCUT2D eigenvalue weighted by Crippen LogP contribution is 2.32. The van der Waals surface area contributed by atoms with Crippen LogP contribution in [0.2, 0.25) is 0 Å². The van der Waals surface area contributed by atoms with Crippen molar-refractivity contribution in [1.82, 2.24) is 9.80 Å². The molecule has 1 aromatic rings. The minimum atomic E-state index is -0.256. The van der Waals surface area contributed by atoms with Gasteiger partial charge in [0.2, 0.25) is 0 Å². The predicted octanol–water partition coefficient (Wildman–Crippen LogP) is 2.37. The molecule has 8 heteroatoms. The van der Waals surface area contributed by atoms with Gasteiger partial charge in [-0.2, -0.15) is 0 Å². The summed E-state index contributed by atoms with van der Waals surface area (Å²) in [4.78, 5) is 28.0. The molecule has 0 aliphatic carbocycles. The molecule has 2 heterocycles. The first-order chi connectivity index (χ1) is 11.5. The van der Waals surface area contributed by atoms with Crippen LogP contribution in [0.1, 0.15) is 18.6 Å². The fraction of sp³-hybridized carbons (Fsp3) is 0.438. The third-order valence-electron chi connectivity index (χ3n) is 3.25. The number of thioether (sulfide) groups is 1. The molecule has 6 nitrogen and oxygen atoms in total. The minimum absolute atomic E-state index is 0.151. The van der Waals surface area contributed by atoms with Crippen LogP contribution in [-0.2, 0) is 14.3 Å². The lowest BCUT2D eigenvalue weighted by atomic mass is 10.3. The topological polar surface area (TPSA) is 63.0 Å². The van der Waals surface area contributed by atoms with Crippen molar-refractivity contribution in [3.63, 3.8) is 0 Å². The predicted molar refractivity (Wildman–Crippen MR) is 97.3 cm³/mol. The number of likely N-dealkylation sites (N-methyl/N-ethyl adjacent to an activating group) is 1. The van der Waals surface area contributed by atoms with E-state index < -0.39 is 0 Å². The van der Waals surface area contributed by atoms with Gasteiger partial charge in [0, 0.05) is 25.6 Å². The van der Waals surface area contributed by atoms with E-state index in [4.69, 9.17) is 21.4 Å². The molecule has 1 aliphatic heterocycles. The molecule has 0 saturated carbocycles. The summed E-state index contributed by atoms with van der Waals surface area (Å²) < 4.78 is 10.8. The summed E-state index contributed by atoms with van der Waals surface area (Å²) in [6, 6.07) is 3.53. The van der Waals surface area contributed by atoms with Crippen molar-refractivity contribution in [2.24, 2.45) is 0 Å². The highest BCUT2D eigenvalue weighted by Gasteiger charge is 2.31. The van der Waals surface area contributed by atoms with Crippen LogP contribution in [-0.4, -0.2) is 59.8 Å². The molecule has 0 atom stereocenters. The van der Waals surface area contributed by atoms with Gasteiger partial charge in [0.05, 0.1) is 11.2 Å². The van der Waals surface area contributed by atoms with Gasteiger partial charge < -0.3 is 14.1 Å². The first-order valence-corrected chi connectivity index (χ1v) is 8.79. The van der Waals surface area contributed by atoms with Gasteiger partial charge in [-0.1, -0.05) is 24.0 Å². The van der Waals surface area contributed by atoms with Crippen molar-refractivity contribution >= 4 is 46.3 Å². The number of hydrogen-bond donors (Lipinski definition) is 0. The van der Waals surface area contributed by atoms with Crippen LogP contribution < -0.4 is 0 Å². The van der Waals surface area contributed by atoms with E-state index in [0.717, 1.165) is 0 Å². The number of ether oxygens (including phenoxy) is 1. The lowest BCUT2D eigenvalue weighted by molar-refractivity contribution is -0.144. The standard InChI is InChI=1S/C16H20N2O4S2/c1-17(2)8-10-22-14(19)6-3-7-18-15(20)13(24-16(18)23)11-12-5-4-9-21-12/h4-5,9,11H,3,6-8,10H2,1-2H3/b13-11+. The first-order valence-electron chi connectivity index (χ1n) is 7.56. The number of furan rings is 1.